The van der Waals surface area contributed by atoms with Gasteiger partial charge in [-0.05, 0) is 57.0 Å². The zero-order chi connectivity index (χ0) is 26.6. The average molecular weight is 498 g/mol. The molecular formula is C26H35N5O3S. The molecule has 6 N–H and O–H groups in total. The van der Waals surface area contributed by atoms with Gasteiger partial charge >= 0.3 is 0 Å². The number of hydrogen-bond donors (Lipinski definition) is 4. The van der Waals surface area contributed by atoms with Gasteiger partial charge in [0.1, 0.15) is 0 Å². The highest BCUT2D eigenvalue weighted by atomic mass is 32.2. The van der Waals surface area contributed by atoms with E-state index in [0.29, 0.717) is 28.9 Å². The van der Waals surface area contributed by atoms with Crippen LogP contribution in [0.25, 0.3) is 0 Å². The van der Waals surface area contributed by atoms with Gasteiger partial charge in [0.05, 0.1) is 10.6 Å². The third-order valence-electron chi connectivity index (χ3n) is 4.33. The lowest BCUT2D eigenvalue weighted by molar-refractivity contribution is 0.0951. The molecule has 0 aliphatic rings. The molecule has 35 heavy (non-hydrogen) atoms. The van der Waals surface area contributed by atoms with E-state index < -0.39 is 10.0 Å². The summed E-state index contributed by atoms with van der Waals surface area (Å²) in [4.78, 5) is 14.4. The summed E-state index contributed by atoms with van der Waals surface area (Å²) in [5.74, 6) is -0.304. The van der Waals surface area contributed by atoms with Gasteiger partial charge in [-0.15, -0.1) is 0 Å². The molecule has 0 aromatic heterocycles. The molecule has 0 radical (unpaired) electrons. The number of anilines is 1. The standard InChI is InChI=1S/C21H20N4O3S.C3H9N.C2H6/c22-19-10-9-16(21(26)25-13-14-5-2-1-3-6-14)12-18(19)20(23)15-7-4-8-17(11-15)29(24,27)28;1-4(2)3;1-2/h1-12,23H,13,22H2,(H,25,26)(H2,24,27,28);1-3H3;1-2H3. The number of nitrogen functional groups attached to an aromatic ring is 1. The van der Waals surface area contributed by atoms with E-state index in [4.69, 9.17) is 16.3 Å². The average Bonchev–Trinajstić information content (AvgIpc) is 2.83. The second kappa shape index (κ2) is 14.0. The highest BCUT2D eigenvalue weighted by Gasteiger charge is 2.15. The van der Waals surface area contributed by atoms with Crippen LogP contribution in [0.4, 0.5) is 5.69 Å². The van der Waals surface area contributed by atoms with E-state index in [1.165, 1.54) is 24.3 Å². The molecule has 9 heteroatoms. The van der Waals surface area contributed by atoms with Crippen molar-refractivity contribution in [2.75, 3.05) is 26.9 Å². The number of primary sulfonamides is 1. The largest absolute Gasteiger partial charge is 0.398 e. The van der Waals surface area contributed by atoms with E-state index in [-0.39, 0.29) is 16.5 Å². The predicted molar refractivity (Wildman–Crippen MR) is 143 cm³/mol. The van der Waals surface area contributed by atoms with Crippen LogP contribution >= 0.6 is 0 Å². The summed E-state index contributed by atoms with van der Waals surface area (Å²) < 4.78 is 23.1. The summed E-state index contributed by atoms with van der Waals surface area (Å²) in [6, 6.07) is 19.9. The summed E-state index contributed by atoms with van der Waals surface area (Å²) >= 11 is 0. The fourth-order valence-electron chi connectivity index (χ4n) is 2.78. The molecule has 0 atom stereocenters. The van der Waals surface area contributed by atoms with Crippen molar-refractivity contribution < 1.29 is 13.2 Å². The molecule has 8 nitrogen and oxygen atoms in total. The molecule has 0 unspecified atom stereocenters. The zero-order valence-corrected chi connectivity index (χ0v) is 21.7. The highest BCUT2D eigenvalue weighted by Crippen LogP contribution is 2.20. The van der Waals surface area contributed by atoms with Crippen LogP contribution in [0.2, 0.25) is 0 Å². The Hall–Kier alpha value is -3.53. The molecule has 0 saturated carbocycles. The summed E-state index contributed by atoms with van der Waals surface area (Å²) in [7, 11) is 2.10. The Labute approximate surface area is 208 Å². The Morgan fingerprint density at radius 1 is 0.914 bits per heavy atom. The number of nitrogens with one attached hydrogen (secondary N) is 2. The first-order valence-electron chi connectivity index (χ1n) is 11.0. The van der Waals surface area contributed by atoms with E-state index in [0.717, 1.165) is 5.56 Å². The number of nitrogens with two attached hydrogens (primary N) is 2. The first kappa shape index (κ1) is 29.5. The molecule has 0 spiro atoms. The molecule has 3 rings (SSSR count). The highest BCUT2D eigenvalue weighted by molar-refractivity contribution is 7.89. The topological polar surface area (TPSA) is 142 Å². The maximum absolute atomic E-state index is 12.5. The molecule has 1 amide bonds. The second-order valence-corrected chi connectivity index (χ2v) is 9.32. The van der Waals surface area contributed by atoms with Crippen LogP contribution < -0.4 is 16.2 Å². The predicted octanol–water partition coefficient (Wildman–Crippen LogP) is 3.47. The lowest BCUT2D eigenvalue weighted by atomic mass is 9.98. The molecule has 0 aliphatic carbocycles. The summed E-state index contributed by atoms with van der Waals surface area (Å²) in [5, 5.41) is 16.4. The first-order valence-corrected chi connectivity index (χ1v) is 12.6. The molecule has 3 aromatic rings. The van der Waals surface area contributed by atoms with Crippen LogP contribution in [0.1, 0.15) is 40.9 Å². The van der Waals surface area contributed by atoms with Gasteiger partial charge in [0, 0.05) is 28.9 Å². The van der Waals surface area contributed by atoms with Gasteiger partial charge in [0.15, 0.2) is 0 Å². The number of hydrogen-bond acceptors (Lipinski definition) is 6. The summed E-state index contributed by atoms with van der Waals surface area (Å²) in [6.07, 6.45) is 0. The van der Waals surface area contributed by atoms with Gasteiger partial charge in [0.2, 0.25) is 10.0 Å². The van der Waals surface area contributed by atoms with Crippen molar-refractivity contribution in [3.63, 3.8) is 0 Å². The van der Waals surface area contributed by atoms with Gasteiger partial charge < -0.3 is 16.0 Å². The van der Waals surface area contributed by atoms with Crippen molar-refractivity contribution in [3.8, 4) is 0 Å². The Balaban J connectivity index is 0.000000926. The van der Waals surface area contributed by atoms with E-state index in [2.05, 4.69) is 5.32 Å². The number of nitrogens with zero attached hydrogens (tertiary/aromatic N) is 1. The third kappa shape index (κ3) is 9.70. The van der Waals surface area contributed by atoms with E-state index in [1.807, 2.05) is 70.2 Å². The van der Waals surface area contributed by atoms with Crippen molar-refractivity contribution in [3.05, 3.63) is 95.1 Å². The van der Waals surface area contributed by atoms with Gasteiger partial charge in [0.25, 0.3) is 5.91 Å². The fourth-order valence-corrected chi connectivity index (χ4v) is 3.34. The maximum atomic E-state index is 12.5. The quantitative estimate of drug-likeness (QED) is 0.305. The van der Waals surface area contributed by atoms with Crippen LogP contribution in [0.5, 0.6) is 0 Å². The Kier molecular flexibility index (Phi) is 11.8. The number of rotatable bonds is 6. The monoisotopic (exact) mass is 497 g/mol. The van der Waals surface area contributed by atoms with Crippen LogP contribution in [0.15, 0.2) is 77.7 Å². The molecule has 0 fully saturated rings. The van der Waals surface area contributed by atoms with Crippen molar-refractivity contribution in [1.29, 1.82) is 5.41 Å². The molecule has 188 valence electrons. The summed E-state index contributed by atoms with van der Waals surface area (Å²) in [6.45, 7) is 4.37. The van der Waals surface area contributed by atoms with Gasteiger partial charge in [-0.2, -0.15) is 0 Å². The van der Waals surface area contributed by atoms with Gasteiger partial charge in [-0.3, -0.25) is 10.2 Å². The molecule has 3 aromatic carbocycles. The molecule has 0 saturated heterocycles. The number of amides is 1. The molecule has 0 heterocycles. The lowest BCUT2D eigenvalue weighted by Gasteiger charge is -2.12. The minimum Gasteiger partial charge on any atom is -0.398 e. The first-order chi connectivity index (χ1) is 16.5. The number of carbonyl (C=O) groups is 1. The van der Waals surface area contributed by atoms with Crippen molar-refractivity contribution >= 4 is 27.3 Å². The van der Waals surface area contributed by atoms with Crippen molar-refractivity contribution in [2.24, 2.45) is 5.14 Å². The Morgan fingerprint density at radius 3 is 2.09 bits per heavy atom. The van der Waals surface area contributed by atoms with Gasteiger partial charge in [-0.1, -0.05) is 56.3 Å². The minimum atomic E-state index is -3.90. The van der Waals surface area contributed by atoms with Crippen LogP contribution in [0.3, 0.4) is 0 Å². The van der Waals surface area contributed by atoms with Gasteiger partial charge in [-0.25, -0.2) is 13.6 Å². The lowest BCUT2D eigenvalue weighted by Crippen LogP contribution is -2.23. The van der Waals surface area contributed by atoms with Crippen molar-refractivity contribution in [1.82, 2.24) is 10.2 Å². The molecule has 0 bridgehead atoms. The normalized spacial score (nSPS) is 10.4. The number of benzene rings is 3. The van der Waals surface area contributed by atoms with Crippen LogP contribution in [-0.4, -0.2) is 46.1 Å². The third-order valence-corrected chi connectivity index (χ3v) is 5.24. The fraction of sp³-hybridized carbons (Fsp3) is 0.231. The number of sulfonamides is 1. The van der Waals surface area contributed by atoms with Crippen molar-refractivity contribution in [2.45, 2.75) is 25.3 Å². The van der Waals surface area contributed by atoms with Crippen LogP contribution in [-0.2, 0) is 16.6 Å². The number of carbonyl (C=O) groups excluding carboxylic acids is 1. The zero-order valence-electron chi connectivity index (χ0n) is 20.9. The SMILES string of the molecule is CC.CN(C)C.N=C(c1cccc(S(N)(=O)=O)c1)c1cc(C(=O)NCc2ccccc2)ccc1N. The minimum absolute atomic E-state index is 0.00860. The van der Waals surface area contributed by atoms with E-state index in [9.17, 15) is 13.2 Å². The second-order valence-electron chi connectivity index (χ2n) is 7.76. The Bertz CT molecular complexity index is 1220. The molecular weight excluding hydrogens is 462 g/mol. The smallest absolute Gasteiger partial charge is 0.251 e. The maximum Gasteiger partial charge on any atom is 0.251 e. The van der Waals surface area contributed by atoms with Crippen LogP contribution in [0, 0.1) is 5.41 Å². The van der Waals surface area contributed by atoms with E-state index in [1.54, 1.807) is 18.2 Å². The van der Waals surface area contributed by atoms with E-state index >= 15 is 0 Å². The molecule has 0 aliphatic heterocycles. The summed E-state index contributed by atoms with van der Waals surface area (Å²) in [5.41, 5.74) is 8.25. The Morgan fingerprint density at radius 2 is 1.51 bits per heavy atom.